The molecule has 20 heavy (non-hydrogen) atoms. The molecule has 1 atom stereocenters. The Morgan fingerprint density at radius 1 is 1.60 bits per heavy atom. The summed E-state index contributed by atoms with van der Waals surface area (Å²) >= 11 is 0. The van der Waals surface area contributed by atoms with Crippen molar-refractivity contribution in [2.45, 2.75) is 38.8 Å². The van der Waals surface area contributed by atoms with Crippen LogP contribution < -0.4 is 5.32 Å². The molecule has 2 heterocycles. The van der Waals surface area contributed by atoms with E-state index >= 15 is 0 Å². The molecule has 5 heteroatoms. The maximum atomic E-state index is 11.1. The van der Waals surface area contributed by atoms with E-state index in [4.69, 9.17) is 5.11 Å². The lowest BCUT2D eigenvalue weighted by atomic mass is 9.80. The van der Waals surface area contributed by atoms with E-state index in [1.165, 1.54) is 19.3 Å². The van der Waals surface area contributed by atoms with Crippen LogP contribution >= 0.6 is 0 Å². The first-order chi connectivity index (χ1) is 9.65. The number of aromatic nitrogens is 2. The van der Waals surface area contributed by atoms with E-state index in [1.54, 1.807) is 18.3 Å². The number of nitrogens with zero attached hydrogens (tertiary/aromatic N) is 1. The van der Waals surface area contributed by atoms with Gasteiger partial charge in [-0.15, -0.1) is 0 Å². The molecule has 1 aliphatic carbocycles. The Labute approximate surface area is 117 Å². The van der Waals surface area contributed by atoms with Crippen LogP contribution in [-0.2, 0) is 6.54 Å². The van der Waals surface area contributed by atoms with Crippen molar-refractivity contribution in [1.82, 2.24) is 15.3 Å². The van der Waals surface area contributed by atoms with E-state index in [-0.39, 0.29) is 5.69 Å². The summed E-state index contributed by atoms with van der Waals surface area (Å²) in [6.07, 6.45) is 5.71. The maximum absolute atomic E-state index is 11.1. The number of fused-ring (bicyclic) bond motifs is 1. The molecular weight excluding hydrogens is 254 g/mol. The summed E-state index contributed by atoms with van der Waals surface area (Å²) in [4.78, 5) is 18.4. The van der Waals surface area contributed by atoms with Crippen molar-refractivity contribution in [3.8, 4) is 0 Å². The number of carboxylic acids is 1. The summed E-state index contributed by atoms with van der Waals surface area (Å²) in [5.41, 5.74) is 2.69. The van der Waals surface area contributed by atoms with Crippen molar-refractivity contribution in [3.05, 3.63) is 29.6 Å². The lowest BCUT2D eigenvalue weighted by Gasteiger charge is -2.32. The zero-order valence-corrected chi connectivity index (χ0v) is 11.5. The number of pyridine rings is 1. The van der Waals surface area contributed by atoms with Crippen LogP contribution in [0.25, 0.3) is 11.0 Å². The molecule has 5 nitrogen and oxygen atoms in total. The van der Waals surface area contributed by atoms with Gasteiger partial charge in [0.25, 0.3) is 0 Å². The second-order valence-corrected chi connectivity index (χ2v) is 5.57. The molecule has 3 rings (SSSR count). The summed E-state index contributed by atoms with van der Waals surface area (Å²) in [5.74, 6) is -0.226. The van der Waals surface area contributed by atoms with Crippen LogP contribution in [0.4, 0.5) is 0 Å². The molecule has 0 radical (unpaired) electrons. The molecule has 1 fully saturated rings. The molecule has 0 aliphatic heterocycles. The minimum Gasteiger partial charge on any atom is -0.477 e. The van der Waals surface area contributed by atoms with E-state index in [0.717, 1.165) is 17.0 Å². The smallest absolute Gasteiger partial charge is 0.354 e. The van der Waals surface area contributed by atoms with Crippen molar-refractivity contribution < 1.29 is 9.90 Å². The summed E-state index contributed by atoms with van der Waals surface area (Å²) < 4.78 is 0. The number of H-pyrrole nitrogens is 1. The normalized spacial score (nSPS) is 17.1. The van der Waals surface area contributed by atoms with Crippen molar-refractivity contribution in [2.24, 2.45) is 5.92 Å². The fraction of sp³-hybridized carbons (Fsp3) is 0.467. The zero-order valence-electron chi connectivity index (χ0n) is 11.5. The highest BCUT2D eigenvalue weighted by atomic mass is 16.4. The highest BCUT2D eigenvalue weighted by Gasteiger charge is 2.23. The number of nitrogens with one attached hydrogen (secondary N) is 2. The molecule has 0 saturated heterocycles. The molecule has 106 valence electrons. The Hall–Kier alpha value is -1.88. The Bertz CT molecular complexity index is 631. The van der Waals surface area contributed by atoms with Crippen LogP contribution in [0.3, 0.4) is 0 Å². The van der Waals surface area contributed by atoms with Crippen LogP contribution in [0.15, 0.2) is 18.3 Å². The number of rotatable bonds is 5. The third-order valence-corrected chi connectivity index (χ3v) is 4.29. The van der Waals surface area contributed by atoms with Crippen LogP contribution in [0, 0.1) is 5.92 Å². The molecule has 1 saturated carbocycles. The lowest BCUT2D eigenvalue weighted by Crippen LogP contribution is -2.36. The first-order valence-corrected chi connectivity index (χ1v) is 7.09. The van der Waals surface area contributed by atoms with Crippen LogP contribution in [0.1, 0.15) is 42.2 Å². The van der Waals surface area contributed by atoms with Crippen molar-refractivity contribution in [1.29, 1.82) is 0 Å². The largest absolute Gasteiger partial charge is 0.477 e. The van der Waals surface area contributed by atoms with Gasteiger partial charge in [0, 0.05) is 18.8 Å². The first kappa shape index (κ1) is 13.1. The molecule has 0 amide bonds. The van der Waals surface area contributed by atoms with Gasteiger partial charge < -0.3 is 15.4 Å². The molecular formula is C15H19N3O2. The van der Waals surface area contributed by atoms with Gasteiger partial charge in [-0.25, -0.2) is 9.78 Å². The molecule has 0 bridgehead atoms. The zero-order chi connectivity index (χ0) is 14.1. The molecule has 1 aliphatic rings. The standard InChI is InChI=1S/C15H19N3O2/c1-9(10-3-2-4-10)17-8-11-7-13(15(19)20)18-12-5-6-16-14(11)12/h5-7,9-10,16-17H,2-4,8H2,1H3,(H,19,20)/t9-/m0/s1. The number of hydrogen-bond acceptors (Lipinski definition) is 3. The molecule has 0 spiro atoms. The van der Waals surface area contributed by atoms with Gasteiger partial charge in [-0.1, -0.05) is 6.42 Å². The van der Waals surface area contributed by atoms with Crippen molar-refractivity contribution in [3.63, 3.8) is 0 Å². The minimum atomic E-state index is -0.985. The number of aromatic carboxylic acids is 1. The van der Waals surface area contributed by atoms with Gasteiger partial charge in [-0.05, 0) is 43.4 Å². The van der Waals surface area contributed by atoms with Gasteiger partial charge >= 0.3 is 5.97 Å². The fourth-order valence-corrected chi connectivity index (χ4v) is 2.74. The Balaban J connectivity index is 1.81. The van der Waals surface area contributed by atoms with Gasteiger partial charge in [0.2, 0.25) is 0 Å². The average molecular weight is 273 g/mol. The third kappa shape index (κ3) is 2.41. The number of aromatic amines is 1. The molecule has 0 unspecified atom stereocenters. The van der Waals surface area contributed by atoms with E-state index < -0.39 is 5.97 Å². The van der Waals surface area contributed by atoms with Gasteiger partial charge in [0.05, 0.1) is 11.0 Å². The highest BCUT2D eigenvalue weighted by Crippen LogP contribution is 2.29. The quantitative estimate of drug-likeness (QED) is 0.782. The van der Waals surface area contributed by atoms with Crippen LogP contribution in [0.2, 0.25) is 0 Å². The molecule has 2 aromatic rings. The van der Waals surface area contributed by atoms with E-state index in [1.807, 2.05) is 0 Å². The van der Waals surface area contributed by atoms with Gasteiger partial charge in [0.1, 0.15) is 5.69 Å². The molecule has 0 aromatic carbocycles. The van der Waals surface area contributed by atoms with Crippen molar-refractivity contribution in [2.75, 3.05) is 0 Å². The van der Waals surface area contributed by atoms with E-state index in [9.17, 15) is 4.79 Å². The van der Waals surface area contributed by atoms with Gasteiger partial charge in [0.15, 0.2) is 0 Å². The lowest BCUT2D eigenvalue weighted by molar-refractivity contribution is 0.0691. The second-order valence-electron chi connectivity index (χ2n) is 5.57. The van der Waals surface area contributed by atoms with E-state index in [2.05, 4.69) is 22.2 Å². The van der Waals surface area contributed by atoms with Crippen LogP contribution in [-0.4, -0.2) is 27.1 Å². The van der Waals surface area contributed by atoms with Gasteiger partial charge in [-0.3, -0.25) is 0 Å². The summed E-state index contributed by atoms with van der Waals surface area (Å²) in [6.45, 7) is 2.87. The summed E-state index contributed by atoms with van der Waals surface area (Å²) in [7, 11) is 0. The van der Waals surface area contributed by atoms with E-state index in [0.29, 0.717) is 18.1 Å². The maximum Gasteiger partial charge on any atom is 0.354 e. The topological polar surface area (TPSA) is 78.0 Å². The highest BCUT2D eigenvalue weighted by molar-refractivity contribution is 5.90. The molecule has 2 aromatic heterocycles. The Kier molecular flexibility index (Phi) is 3.44. The predicted molar refractivity (Wildman–Crippen MR) is 76.7 cm³/mol. The van der Waals surface area contributed by atoms with Gasteiger partial charge in [-0.2, -0.15) is 0 Å². The second kappa shape index (κ2) is 5.25. The number of carbonyl (C=O) groups is 1. The fourth-order valence-electron chi connectivity index (χ4n) is 2.74. The summed E-state index contributed by atoms with van der Waals surface area (Å²) in [6, 6.07) is 3.93. The number of hydrogen-bond donors (Lipinski definition) is 3. The average Bonchev–Trinajstić information content (AvgIpc) is 2.81. The van der Waals surface area contributed by atoms with Crippen molar-refractivity contribution >= 4 is 17.0 Å². The first-order valence-electron chi connectivity index (χ1n) is 7.09. The monoisotopic (exact) mass is 273 g/mol. The van der Waals surface area contributed by atoms with Crippen LogP contribution in [0.5, 0.6) is 0 Å². The predicted octanol–water partition coefficient (Wildman–Crippen LogP) is 2.54. The molecule has 3 N–H and O–H groups in total. The Morgan fingerprint density at radius 3 is 3.05 bits per heavy atom. The third-order valence-electron chi connectivity index (χ3n) is 4.29. The Morgan fingerprint density at radius 2 is 2.40 bits per heavy atom. The number of carboxylic acid groups (broad SMARTS) is 1. The SMILES string of the molecule is C[C@H](NCc1cc(C(=O)O)nc2cc[nH]c12)C1CCC1. The summed E-state index contributed by atoms with van der Waals surface area (Å²) in [5, 5.41) is 12.6. The minimum absolute atomic E-state index is 0.102.